The summed E-state index contributed by atoms with van der Waals surface area (Å²) >= 11 is 0. The van der Waals surface area contributed by atoms with E-state index in [1.54, 1.807) is 14.2 Å². The lowest BCUT2D eigenvalue weighted by molar-refractivity contribution is -0.119. The lowest BCUT2D eigenvalue weighted by Crippen LogP contribution is -2.21. The van der Waals surface area contributed by atoms with E-state index in [0.29, 0.717) is 46.5 Å². The maximum Gasteiger partial charge on any atom is 0.339 e. The number of amides is 1. The van der Waals surface area contributed by atoms with Crippen LogP contribution in [-0.2, 0) is 22.5 Å². The van der Waals surface area contributed by atoms with E-state index in [1.807, 2.05) is 72.8 Å². The number of allylic oxidation sites excluding steroid dienone is 1. The zero-order valence-corrected chi connectivity index (χ0v) is 25.9. The maximum atomic E-state index is 13.7. The molecular weight excluding hydrogens is 578 g/mol. The molecule has 4 aromatic carbocycles. The van der Waals surface area contributed by atoms with Gasteiger partial charge >= 0.3 is 5.97 Å². The van der Waals surface area contributed by atoms with Crippen molar-refractivity contribution in [3.8, 4) is 11.5 Å². The minimum Gasteiger partial charge on any atom is -0.493 e. The van der Waals surface area contributed by atoms with Crippen molar-refractivity contribution in [3.05, 3.63) is 107 Å². The van der Waals surface area contributed by atoms with Gasteiger partial charge in [-0.2, -0.15) is 0 Å². The predicted octanol–water partition coefficient (Wildman–Crippen LogP) is 7.66. The largest absolute Gasteiger partial charge is 0.493 e. The van der Waals surface area contributed by atoms with E-state index in [-0.39, 0.29) is 0 Å². The number of pyridine rings is 1. The molecule has 0 atom stereocenters. The van der Waals surface area contributed by atoms with Gasteiger partial charge in [0, 0.05) is 39.4 Å². The number of hydrogen-bond donors (Lipinski definition) is 1. The van der Waals surface area contributed by atoms with E-state index in [9.17, 15) is 9.59 Å². The van der Waals surface area contributed by atoms with Crippen molar-refractivity contribution in [3.63, 3.8) is 0 Å². The van der Waals surface area contributed by atoms with Crippen LogP contribution in [0.25, 0.3) is 44.4 Å². The molecule has 8 nitrogen and oxygen atoms in total. The van der Waals surface area contributed by atoms with Gasteiger partial charge in [0.2, 0.25) is 0 Å². The first-order chi connectivity index (χ1) is 22.5. The Bertz CT molecular complexity index is 2200. The van der Waals surface area contributed by atoms with Crippen LogP contribution in [0.1, 0.15) is 40.5 Å². The van der Waals surface area contributed by atoms with E-state index >= 15 is 0 Å². The van der Waals surface area contributed by atoms with Crippen molar-refractivity contribution in [1.82, 2.24) is 9.55 Å². The Morgan fingerprint density at radius 2 is 1.61 bits per heavy atom. The second-order valence-corrected chi connectivity index (χ2v) is 11.2. The molecule has 1 N–H and O–H groups in total. The molecule has 0 bridgehead atoms. The van der Waals surface area contributed by atoms with Gasteiger partial charge in [-0.25, -0.2) is 9.78 Å². The summed E-state index contributed by atoms with van der Waals surface area (Å²) in [7, 11) is 3.21. The van der Waals surface area contributed by atoms with E-state index in [0.717, 1.165) is 50.7 Å². The van der Waals surface area contributed by atoms with Crippen LogP contribution in [-0.4, -0.2) is 42.3 Å². The van der Waals surface area contributed by atoms with Crippen molar-refractivity contribution in [2.45, 2.75) is 26.3 Å². The second-order valence-electron chi connectivity index (χ2n) is 11.2. The molecule has 2 heterocycles. The summed E-state index contributed by atoms with van der Waals surface area (Å²) in [5.41, 5.74) is 7.59. The molecule has 0 saturated carbocycles. The van der Waals surface area contributed by atoms with E-state index in [4.69, 9.17) is 19.2 Å². The smallest absolute Gasteiger partial charge is 0.339 e. The highest BCUT2D eigenvalue weighted by molar-refractivity contribution is 6.10. The first-order valence-corrected chi connectivity index (χ1v) is 15.3. The Labute approximate surface area is 266 Å². The second kappa shape index (κ2) is 12.0. The Morgan fingerprint density at radius 1 is 0.848 bits per heavy atom. The highest BCUT2D eigenvalue weighted by Gasteiger charge is 2.28. The number of anilines is 1. The Morgan fingerprint density at radius 3 is 2.41 bits per heavy atom. The summed E-state index contributed by atoms with van der Waals surface area (Å²) in [5.74, 6) is 0.339. The lowest BCUT2D eigenvalue weighted by atomic mass is 10.0. The minimum atomic E-state index is -0.543. The molecule has 6 aromatic rings. The summed E-state index contributed by atoms with van der Waals surface area (Å²) < 4.78 is 18.8. The van der Waals surface area contributed by atoms with Gasteiger partial charge in [-0.1, -0.05) is 42.5 Å². The number of aryl methyl sites for hydroxylation is 1. The van der Waals surface area contributed by atoms with Gasteiger partial charge in [-0.3, -0.25) is 4.79 Å². The Hall–Kier alpha value is -5.63. The average molecular weight is 612 g/mol. The van der Waals surface area contributed by atoms with E-state index in [2.05, 4.69) is 35.0 Å². The Balaban J connectivity index is 1.14. The number of carbonyl (C=O) groups excluding carboxylic acids is 2. The molecule has 0 radical (unpaired) electrons. The monoisotopic (exact) mass is 611 g/mol. The molecule has 1 aliphatic rings. The van der Waals surface area contributed by atoms with E-state index < -0.39 is 18.5 Å². The van der Waals surface area contributed by atoms with Crippen LogP contribution in [0.2, 0.25) is 0 Å². The molecule has 7 rings (SSSR count). The van der Waals surface area contributed by atoms with Crippen molar-refractivity contribution in [1.29, 1.82) is 0 Å². The third-order valence-electron chi connectivity index (χ3n) is 8.60. The van der Waals surface area contributed by atoms with Gasteiger partial charge in [0.15, 0.2) is 18.1 Å². The van der Waals surface area contributed by atoms with Crippen LogP contribution in [0.4, 0.5) is 5.69 Å². The number of ether oxygens (including phenoxy) is 3. The quantitative estimate of drug-likeness (QED) is 0.178. The molecule has 0 unspecified atom stereocenters. The van der Waals surface area contributed by atoms with Gasteiger partial charge in [0.25, 0.3) is 5.91 Å². The zero-order valence-electron chi connectivity index (χ0n) is 25.9. The van der Waals surface area contributed by atoms with Crippen LogP contribution in [0.5, 0.6) is 11.5 Å². The van der Waals surface area contributed by atoms with E-state index in [1.165, 1.54) is 0 Å². The molecule has 8 heteroatoms. The normalized spacial score (nSPS) is 13.3. The molecule has 0 spiro atoms. The summed E-state index contributed by atoms with van der Waals surface area (Å²) in [5, 5.41) is 5.80. The Kier molecular flexibility index (Phi) is 7.62. The first kappa shape index (κ1) is 29.1. The third-order valence-corrected chi connectivity index (χ3v) is 8.60. The number of fused-ring (bicyclic) bond motifs is 5. The van der Waals surface area contributed by atoms with Gasteiger partial charge in [-0.15, -0.1) is 0 Å². The maximum absolute atomic E-state index is 13.7. The van der Waals surface area contributed by atoms with Crippen LogP contribution < -0.4 is 14.8 Å². The molecule has 1 amide bonds. The standard InChI is InChI=1S/C38H33N3O5/c1-4-41-31-12-8-6-9-26(31)29-21-25(15-17-32(29)41)39-35(42)22-46-38(43)36-27-10-5-7-11-30(27)40-37-24(14-16-28(36)37)19-23-13-18-33(44-2)34(20-23)45-3/h5-13,15,17-21H,4,14,16,22H2,1-3H3,(H,39,42)/b24-19+. The number of benzene rings is 4. The summed E-state index contributed by atoms with van der Waals surface area (Å²) in [6.07, 6.45) is 3.41. The number of hydrogen-bond acceptors (Lipinski definition) is 6. The molecular formula is C38H33N3O5. The first-order valence-electron chi connectivity index (χ1n) is 15.3. The molecule has 46 heavy (non-hydrogen) atoms. The molecule has 230 valence electrons. The molecule has 1 aliphatic carbocycles. The fraction of sp³-hybridized carbons (Fsp3) is 0.184. The van der Waals surface area contributed by atoms with Crippen LogP contribution in [0.15, 0.2) is 84.9 Å². The lowest BCUT2D eigenvalue weighted by Gasteiger charge is -2.13. The fourth-order valence-corrected chi connectivity index (χ4v) is 6.53. The number of carbonyl (C=O) groups is 2. The average Bonchev–Trinajstić information content (AvgIpc) is 3.63. The summed E-state index contributed by atoms with van der Waals surface area (Å²) in [4.78, 5) is 31.6. The molecule has 0 aliphatic heterocycles. The highest BCUT2D eigenvalue weighted by atomic mass is 16.5. The van der Waals surface area contributed by atoms with Crippen molar-refractivity contribution >= 4 is 61.9 Å². The number of rotatable bonds is 8. The van der Waals surface area contributed by atoms with Gasteiger partial charge < -0.3 is 24.1 Å². The zero-order chi connectivity index (χ0) is 31.8. The number of aromatic nitrogens is 2. The van der Waals surface area contributed by atoms with Crippen LogP contribution >= 0.6 is 0 Å². The number of methoxy groups -OCH3 is 2. The van der Waals surface area contributed by atoms with Crippen molar-refractivity contribution in [2.75, 3.05) is 26.1 Å². The molecule has 2 aromatic heterocycles. The number of esters is 1. The highest BCUT2D eigenvalue weighted by Crippen LogP contribution is 2.39. The summed E-state index contributed by atoms with van der Waals surface area (Å²) in [6.45, 7) is 2.55. The van der Waals surface area contributed by atoms with Crippen molar-refractivity contribution in [2.24, 2.45) is 0 Å². The summed E-state index contributed by atoms with van der Waals surface area (Å²) in [6, 6.07) is 27.4. The predicted molar refractivity (Wildman–Crippen MR) is 182 cm³/mol. The van der Waals surface area contributed by atoms with Crippen LogP contribution in [0.3, 0.4) is 0 Å². The van der Waals surface area contributed by atoms with Gasteiger partial charge in [0.1, 0.15) is 0 Å². The SMILES string of the molecule is CCn1c2ccccc2c2cc(NC(=O)COC(=O)c3c4c(nc5ccccc35)/C(=C/c3ccc(OC)c(OC)c3)CC4)ccc21. The van der Waals surface area contributed by atoms with Gasteiger partial charge in [0.05, 0.1) is 31.0 Å². The van der Waals surface area contributed by atoms with Gasteiger partial charge in [-0.05, 0) is 85.0 Å². The minimum absolute atomic E-state index is 0.407. The third kappa shape index (κ3) is 5.11. The molecule has 0 fully saturated rings. The van der Waals surface area contributed by atoms with Crippen LogP contribution in [0, 0.1) is 0 Å². The fourth-order valence-electron chi connectivity index (χ4n) is 6.53. The topological polar surface area (TPSA) is 91.7 Å². The number of nitrogens with zero attached hydrogens (tertiary/aromatic N) is 2. The van der Waals surface area contributed by atoms with Crippen molar-refractivity contribution < 1.29 is 23.8 Å². The number of para-hydroxylation sites is 2. The molecule has 0 saturated heterocycles. The number of nitrogens with one attached hydrogen (secondary N) is 1.